The number of hydroxylamine groups is 1. The average molecular weight is 289 g/mol. The largest absolute Gasteiger partial charge is 0.491 e. The van der Waals surface area contributed by atoms with Gasteiger partial charge in [-0.2, -0.15) is 4.62 Å². The normalized spacial score (nSPS) is 14.4. The van der Waals surface area contributed by atoms with Crippen LogP contribution in [0.1, 0.15) is 26.2 Å². The van der Waals surface area contributed by atoms with Crippen LogP contribution in [0.4, 0.5) is 0 Å². The van der Waals surface area contributed by atoms with Gasteiger partial charge < -0.3 is 9.79 Å². The van der Waals surface area contributed by atoms with Gasteiger partial charge in [-0.05, 0) is 6.42 Å². The molecule has 10 heteroatoms. The third-order valence-electron chi connectivity index (χ3n) is 1.89. The van der Waals surface area contributed by atoms with Crippen molar-refractivity contribution >= 4 is 23.6 Å². The molecule has 0 spiro atoms. The van der Waals surface area contributed by atoms with Crippen LogP contribution in [0.5, 0.6) is 0 Å². The van der Waals surface area contributed by atoms with Gasteiger partial charge in [0.25, 0.3) is 5.91 Å². The Labute approximate surface area is 99.5 Å². The topological polar surface area (TPSA) is 130 Å². The van der Waals surface area contributed by atoms with E-state index in [4.69, 9.17) is 9.79 Å². The summed E-state index contributed by atoms with van der Waals surface area (Å²) >= 11 is 0. The standard InChI is InChI=1S/C7H16NO7PS/c1-3-4-5-6(17(2,13)14)7(9)8-15-16(10,11)12/h6H,3-5H2,1-2H3,(H,8,9)(H2,10,11,12). The van der Waals surface area contributed by atoms with E-state index < -0.39 is 28.8 Å². The highest BCUT2D eigenvalue weighted by Crippen LogP contribution is 2.34. The molecule has 0 bridgehead atoms. The van der Waals surface area contributed by atoms with Crippen LogP contribution in [-0.2, 0) is 23.8 Å². The molecular formula is C7H16NO7PS. The second kappa shape index (κ2) is 6.46. The SMILES string of the molecule is CCCCC(C(=O)NOP(=O)(O)O)S(C)(=O)=O. The Kier molecular flexibility index (Phi) is 6.28. The van der Waals surface area contributed by atoms with Crippen molar-refractivity contribution in [3.8, 4) is 0 Å². The van der Waals surface area contributed by atoms with Gasteiger partial charge in [0.05, 0.1) is 0 Å². The van der Waals surface area contributed by atoms with Crippen LogP contribution in [0.25, 0.3) is 0 Å². The molecule has 3 N–H and O–H groups in total. The predicted molar refractivity (Wildman–Crippen MR) is 59.4 cm³/mol. The van der Waals surface area contributed by atoms with Crippen LogP contribution in [-0.4, -0.2) is 35.6 Å². The number of unbranched alkanes of at least 4 members (excludes halogenated alkanes) is 1. The van der Waals surface area contributed by atoms with Gasteiger partial charge in [-0.1, -0.05) is 19.8 Å². The molecule has 8 nitrogen and oxygen atoms in total. The molecular weight excluding hydrogens is 273 g/mol. The summed E-state index contributed by atoms with van der Waals surface area (Å²) in [5.41, 5.74) is 1.46. The first-order valence-electron chi connectivity index (χ1n) is 4.80. The molecule has 0 fully saturated rings. The van der Waals surface area contributed by atoms with Gasteiger partial charge in [0.1, 0.15) is 5.25 Å². The monoisotopic (exact) mass is 289 g/mol. The second-order valence-electron chi connectivity index (χ2n) is 3.51. The summed E-state index contributed by atoms with van der Waals surface area (Å²) in [5, 5.41) is -1.37. The Balaban J connectivity index is 4.61. The van der Waals surface area contributed by atoms with Crippen LogP contribution in [0.2, 0.25) is 0 Å². The Morgan fingerprint density at radius 1 is 1.47 bits per heavy atom. The molecule has 0 aromatic carbocycles. The Morgan fingerprint density at radius 3 is 2.35 bits per heavy atom. The van der Waals surface area contributed by atoms with Gasteiger partial charge >= 0.3 is 7.82 Å². The fourth-order valence-electron chi connectivity index (χ4n) is 1.10. The maximum absolute atomic E-state index is 11.4. The van der Waals surface area contributed by atoms with Crippen LogP contribution >= 0.6 is 7.82 Å². The highest BCUT2D eigenvalue weighted by Gasteiger charge is 2.30. The van der Waals surface area contributed by atoms with E-state index in [1.807, 2.05) is 6.92 Å². The molecule has 0 radical (unpaired) electrons. The molecule has 0 saturated heterocycles. The Hall–Kier alpha value is -0.470. The summed E-state index contributed by atoms with van der Waals surface area (Å²) in [4.78, 5) is 28.1. The quantitative estimate of drug-likeness (QED) is 0.434. The summed E-state index contributed by atoms with van der Waals surface area (Å²) in [6, 6.07) is 0. The molecule has 102 valence electrons. The lowest BCUT2D eigenvalue weighted by Gasteiger charge is -2.14. The minimum atomic E-state index is -4.86. The fraction of sp³-hybridized carbons (Fsp3) is 0.857. The van der Waals surface area contributed by atoms with E-state index in [0.29, 0.717) is 12.8 Å². The predicted octanol–water partition coefficient (Wildman–Crippen LogP) is -0.270. The summed E-state index contributed by atoms with van der Waals surface area (Å²) in [7, 11) is -8.51. The van der Waals surface area contributed by atoms with Crippen molar-refractivity contribution in [3.05, 3.63) is 0 Å². The molecule has 0 saturated carbocycles. The van der Waals surface area contributed by atoms with Gasteiger partial charge in [-0.3, -0.25) is 4.79 Å². The van der Waals surface area contributed by atoms with Crippen molar-refractivity contribution in [2.75, 3.05) is 6.26 Å². The van der Waals surface area contributed by atoms with Crippen molar-refractivity contribution in [1.82, 2.24) is 5.48 Å². The van der Waals surface area contributed by atoms with Crippen LogP contribution in [0.3, 0.4) is 0 Å². The summed E-state index contributed by atoms with van der Waals surface area (Å²) in [6.45, 7) is 1.82. The molecule has 0 aliphatic carbocycles. The molecule has 17 heavy (non-hydrogen) atoms. The minimum Gasteiger partial charge on any atom is -0.301 e. The van der Waals surface area contributed by atoms with Gasteiger partial charge in [0, 0.05) is 6.26 Å². The first-order chi connectivity index (χ1) is 7.58. The number of nitrogens with one attached hydrogen (secondary N) is 1. The van der Waals surface area contributed by atoms with E-state index in [0.717, 1.165) is 6.26 Å². The summed E-state index contributed by atoms with van der Waals surface area (Å²) in [6.07, 6.45) is 2.15. The van der Waals surface area contributed by atoms with E-state index in [2.05, 4.69) is 4.62 Å². The van der Waals surface area contributed by atoms with E-state index in [9.17, 15) is 17.8 Å². The van der Waals surface area contributed by atoms with Crippen molar-refractivity contribution < 1.29 is 32.2 Å². The lowest BCUT2D eigenvalue weighted by Crippen LogP contribution is -2.39. The number of rotatable bonds is 7. The van der Waals surface area contributed by atoms with Crippen molar-refractivity contribution in [2.24, 2.45) is 0 Å². The van der Waals surface area contributed by atoms with E-state index in [1.165, 1.54) is 5.48 Å². The summed E-state index contributed by atoms with van der Waals surface area (Å²) < 4.78 is 36.7. The number of amides is 1. The number of phosphoric acid groups is 1. The Bertz CT molecular complexity index is 400. The first kappa shape index (κ1) is 16.5. The molecule has 0 aromatic heterocycles. The van der Waals surface area contributed by atoms with Crippen LogP contribution in [0.15, 0.2) is 0 Å². The smallest absolute Gasteiger partial charge is 0.301 e. The highest BCUT2D eigenvalue weighted by atomic mass is 32.2. The van der Waals surface area contributed by atoms with Crippen molar-refractivity contribution in [3.63, 3.8) is 0 Å². The van der Waals surface area contributed by atoms with E-state index in [1.54, 1.807) is 0 Å². The number of carbonyl (C=O) groups excluding carboxylic acids is 1. The van der Waals surface area contributed by atoms with Crippen molar-refractivity contribution in [1.29, 1.82) is 0 Å². The number of carbonyl (C=O) groups is 1. The maximum atomic E-state index is 11.4. The Morgan fingerprint density at radius 2 is 2.00 bits per heavy atom. The number of hydrogen-bond acceptors (Lipinski definition) is 5. The van der Waals surface area contributed by atoms with Gasteiger partial charge in [-0.25, -0.2) is 18.5 Å². The zero-order valence-corrected chi connectivity index (χ0v) is 11.2. The third kappa shape index (κ3) is 7.45. The van der Waals surface area contributed by atoms with E-state index >= 15 is 0 Å². The molecule has 1 atom stereocenters. The molecule has 0 aliphatic heterocycles. The average Bonchev–Trinajstić information content (AvgIpc) is 2.12. The van der Waals surface area contributed by atoms with Gasteiger partial charge in [0.15, 0.2) is 9.84 Å². The second-order valence-corrected chi connectivity index (χ2v) is 6.90. The molecule has 0 aromatic rings. The zero-order chi connectivity index (χ0) is 13.7. The molecule has 0 heterocycles. The lowest BCUT2D eigenvalue weighted by molar-refractivity contribution is -0.128. The molecule has 1 unspecified atom stereocenters. The zero-order valence-electron chi connectivity index (χ0n) is 9.49. The molecule has 0 aliphatic rings. The van der Waals surface area contributed by atoms with Gasteiger partial charge in [-0.15, -0.1) is 0 Å². The number of hydrogen-bond donors (Lipinski definition) is 3. The van der Waals surface area contributed by atoms with Crippen molar-refractivity contribution in [2.45, 2.75) is 31.4 Å². The molecule has 1 amide bonds. The minimum absolute atomic E-state index is 0.0751. The lowest BCUT2D eigenvalue weighted by atomic mass is 10.2. The highest BCUT2D eigenvalue weighted by molar-refractivity contribution is 7.92. The third-order valence-corrected chi connectivity index (χ3v) is 3.71. The van der Waals surface area contributed by atoms with Gasteiger partial charge in [0.2, 0.25) is 0 Å². The maximum Gasteiger partial charge on any atom is 0.491 e. The van der Waals surface area contributed by atoms with Crippen LogP contribution in [0, 0.1) is 0 Å². The fourth-order valence-corrected chi connectivity index (χ4v) is 2.34. The summed E-state index contributed by atoms with van der Waals surface area (Å²) in [5.74, 6) is -1.08. The first-order valence-corrected chi connectivity index (χ1v) is 8.29. The number of sulfone groups is 1. The van der Waals surface area contributed by atoms with E-state index in [-0.39, 0.29) is 6.42 Å². The van der Waals surface area contributed by atoms with Crippen LogP contribution < -0.4 is 5.48 Å². The molecule has 0 rings (SSSR count).